The maximum atomic E-state index is 13.1. The van der Waals surface area contributed by atoms with Gasteiger partial charge in [0.25, 0.3) is 5.91 Å². The summed E-state index contributed by atoms with van der Waals surface area (Å²) in [6, 6.07) is 5.81. The molecule has 176 valence electrons. The third-order valence-electron chi connectivity index (χ3n) is 5.88. The van der Waals surface area contributed by atoms with Crippen LogP contribution in [0.25, 0.3) is 11.0 Å². The monoisotopic (exact) mass is 463 g/mol. The lowest BCUT2D eigenvalue weighted by atomic mass is 10.0. The minimum atomic E-state index is -0.00526. The highest BCUT2D eigenvalue weighted by Gasteiger charge is 2.27. The van der Waals surface area contributed by atoms with Gasteiger partial charge in [-0.25, -0.2) is 0 Å². The van der Waals surface area contributed by atoms with Crippen molar-refractivity contribution < 1.29 is 19.0 Å². The molecule has 2 aliphatic rings. The van der Waals surface area contributed by atoms with Crippen molar-refractivity contribution in [3.05, 3.63) is 35.0 Å². The minimum absolute atomic E-state index is 0.00526. The molecular formula is C23H25N7O4. The molecule has 1 aromatic carbocycles. The number of benzene rings is 1. The van der Waals surface area contributed by atoms with E-state index in [9.17, 15) is 10.1 Å². The Kier molecular flexibility index (Phi) is 6.16. The van der Waals surface area contributed by atoms with E-state index in [1.807, 2.05) is 17.0 Å². The summed E-state index contributed by atoms with van der Waals surface area (Å²) in [4.78, 5) is 27.1. The second-order valence-corrected chi connectivity index (χ2v) is 7.95. The number of nitriles is 1. The summed E-state index contributed by atoms with van der Waals surface area (Å²) in [6.07, 6.45) is 2.26. The van der Waals surface area contributed by atoms with Gasteiger partial charge in [0.05, 0.1) is 43.1 Å². The zero-order valence-corrected chi connectivity index (χ0v) is 18.8. The number of fused-ring (bicyclic) bond motifs is 2. The van der Waals surface area contributed by atoms with Crippen molar-refractivity contribution in [2.75, 3.05) is 63.8 Å². The third kappa shape index (κ3) is 4.09. The van der Waals surface area contributed by atoms with Crippen molar-refractivity contribution >= 4 is 34.4 Å². The predicted octanol–water partition coefficient (Wildman–Crippen LogP) is 2.04. The highest BCUT2D eigenvalue weighted by Crippen LogP contribution is 2.38. The SMILES string of the molecule is COCCNc1nc(Nc2ccc(C(=O)N3CCOCC3)c3c2OCC3)nc2[nH]cc(C#N)c12. The Morgan fingerprint density at radius 1 is 1.29 bits per heavy atom. The highest BCUT2D eigenvalue weighted by atomic mass is 16.5. The first-order valence-corrected chi connectivity index (χ1v) is 11.1. The van der Waals surface area contributed by atoms with Crippen molar-refractivity contribution in [3.63, 3.8) is 0 Å². The predicted molar refractivity (Wildman–Crippen MR) is 125 cm³/mol. The average molecular weight is 463 g/mol. The molecule has 11 nitrogen and oxygen atoms in total. The van der Waals surface area contributed by atoms with E-state index in [2.05, 4.69) is 31.7 Å². The zero-order valence-electron chi connectivity index (χ0n) is 18.8. The van der Waals surface area contributed by atoms with Crippen LogP contribution in [-0.4, -0.2) is 78.9 Å². The minimum Gasteiger partial charge on any atom is -0.491 e. The van der Waals surface area contributed by atoms with Gasteiger partial charge in [-0.05, 0) is 12.1 Å². The number of H-pyrrole nitrogens is 1. The number of hydrogen-bond donors (Lipinski definition) is 3. The standard InChI is InChI=1S/C23H25N7O4/c1-32-9-5-25-20-18-14(12-24)13-26-21(18)29-23(28-20)27-17-3-2-16(15-4-8-34-19(15)17)22(31)30-6-10-33-11-7-30/h2-3,13H,4-11H2,1H3,(H3,25,26,27,28,29). The Labute approximate surface area is 196 Å². The number of anilines is 3. The molecular weight excluding hydrogens is 438 g/mol. The molecule has 0 saturated carbocycles. The molecule has 0 spiro atoms. The van der Waals surface area contributed by atoms with Gasteiger partial charge in [-0.1, -0.05) is 0 Å². The Hall–Kier alpha value is -3.88. The maximum Gasteiger partial charge on any atom is 0.254 e. The van der Waals surface area contributed by atoms with Crippen molar-refractivity contribution in [2.24, 2.45) is 0 Å². The third-order valence-corrected chi connectivity index (χ3v) is 5.88. The van der Waals surface area contributed by atoms with Crippen LogP contribution in [0.2, 0.25) is 0 Å². The Balaban J connectivity index is 1.46. The summed E-state index contributed by atoms with van der Waals surface area (Å²) in [6.45, 7) is 3.79. The maximum absolute atomic E-state index is 13.1. The number of amides is 1. The first-order chi connectivity index (χ1) is 16.7. The lowest BCUT2D eigenvalue weighted by Gasteiger charge is -2.27. The molecule has 1 amide bonds. The number of carbonyl (C=O) groups is 1. The van der Waals surface area contributed by atoms with Crippen LogP contribution in [0.15, 0.2) is 18.3 Å². The molecule has 11 heteroatoms. The molecule has 0 aliphatic carbocycles. The summed E-state index contributed by atoms with van der Waals surface area (Å²) in [5.41, 5.74) is 3.21. The van der Waals surface area contributed by atoms with Crippen LogP contribution >= 0.6 is 0 Å². The fraction of sp³-hybridized carbons (Fsp3) is 0.391. The number of rotatable bonds is 7. The van der Waals surface area contributed by atoms with Gasteiger partial charge in [0.15, 0.2) is 0 Å². The van der Waals surface area contributed by atoms with Gasteiger partial charge < -0.3 is 34.7 Å². The van der Waals surface area contributed by atoms with Crippen LogP contribution < -0.4 is 15.4 Å². The fourth-order valence-corrected chi connectivity index (χ4v) is 4.23. The van der Waals surface area contributed by atoms with E-state index >= 15 is 0 Å². The van der Waals surface area contributed by atoms with Crippen molar-refractivity contribution in [1.82, 2.24) is 19.9 Å². The Morgan fingerprint density at radius 2 is 2.15 bits per heavy atom. The van der Waals surface area contributed by atoms with Gasteiger partial charge in [-0.3, -0.25) is 4.79 Å². The first kappa shape index (κ1) is 21.9. The number of morpholine rings is 1. The molecule has 0 bridgehead atoms. The number of nitrogens with zero attached hydrogens (tertiary/aromatic N) is 4. The highest BCUT2D eigenvalue weighted by molar-refractivity contribution is 5.98. The van der Waals surface area contributed by atoms with E-state index in [1.54, 1.807) is 13.3 Å². The average Bonchev–Trinajstić information content (AvgIpc) is 3.52. The van der Waals surface area contributed by atoms with Crippen LogP contribution in [-0.2, 0) is 15.9 Å². The Morgan fingerprint density at radius 3 is 2.94 bits per heavy atom. The van der Waals surface area contributed by atoms with E-state index in [0.29, 0.717) is 97.8 Å². The first-order valence-electron chi connectivity index (χ1n) is 11.1. The molecule has 3 N–H and O–H groups in total. The normalized spacial score (nSPS) is 15.0. The number of aromatic amines is 1. The number of aromatic nitrogens is 3. The molecule has 0 unspecified atom stereocenters. The number of nitrogens with one attached hydrogen (secondary N) is 3. The van der Waals surface area contributed by atoms with Crippen molar-refractivity contribution in [3.8, 4) is 11.8 Å². The number of ether oxygens (including phenoxy) is 3. The van der Waals surface area contributed by atoms with Gasteiger partial charge >= 0.3 is 0 Å². The Bertz CT molecular complexity index is 1260. The van der Waals surface area contributed by atoms with Gasteiger partial charge in [0.1, 0.15) is 23.3 Å². The number of hydrogen-bond acceptors (Lipinski definition) is 9. The second kappa shape index (κ2) is 9.54. The summed E-state index contributed by atoms with van der Waals surface area (Å²) in [5, 5.41) is 16.5. The summed E-state index contributed by atoms with van der Waals surface area (Å²) in [5.74, 6) is 1.50. The summed E-state index contributed by atoms with van der Waals surface area (Å²) < 4.78 is 16.4. The number of carbonyl (C=O) groups excluding carboxylic acids is 1. The number of methoxy groups -OCH3 is 1. The van der Waals surface area contributed by atoms with E-state index in [0.717, 1.165) is 5.56 Å². The van der Waals surface area contributed by atoms with Crippen LogP contribution in [0.3, 0.4) is 0 Å². The van der Waals surface area contributed by atoms with E-state index in [4.69, 9.17) is 14.2 Å². The molecule has 4 heterocycles. The smallest absolute Gasteiger partial charge is 0.254 e. The summed E-state index contributed by atoms with van der Waals surface area (Å²) >= 11 is 0. The van der Waals surface area contributed by atoms with Crippen LogP contribution in [0.5, 0.6) is 5.75 Å². The van der Waals surface area contributed by atoms with Crippen LogP contribution in [0, 0.1) is 11.3 Å². The molecule has 1 saturated heterocycles. The molecule has 2 aliphatic heterocycles. The largest absolute Gasteiger partial charge is 0.491 e. The van der Waals surface area contributed by atoms with E-state index in [1.165, 1.54) is 0 Å². The van der Waals surface area contributed by atoms with Crippen LogP contribution in [0.4, 0.5) is 17.5 Å². The molecule has 0 atom stereocenters. The van der Waals surface area contributed by atoms with E-state index < -0.39 is 0 Å². The zero-order chi connectivity index (χ0) is 23.5. The van der Waals surface area contributed by atoms with Crippen molar-refractivity contribution in [1.29, 1.82) is 5.26 Å². The molecule has 3 aromatic rings. The van der Waals surface area contributed by atoms with E-state index in [-0.39, 0.29) is 5.91 Å². The van der Waals surface area contributed by atoms with Crippen LogP contribution in [0.1, 0.15) is 21.5 Å². The van der Waals surface area contributed by atoms with Gasteiger partial charge in [0, 0.05) is 50.5 Å². The lowest BCUT2D eigenvalue weighted by molar-refractivity contribution is 0.0302. The van der Waals surface area contributed by atoms with Gasteiger partial charge in [-0.2, -0.15) is 15.2 Å². The molecule has 34 heavy (non-hydrogen) atoms. The lowest BCUT2D eigenvalue weighted by Crippen LogP contribution is -2.41. The van der Waals surface area contributed by atoms with Gasteiger partial charge in [-0.15, -0.1) is 0 Å². The molecule has 1 fully saturated rings. The van der Waals surface area contributed by atoms with Gasteiger partial charge in [0.2, 0.25) is 5.95 Å². The topological polar surface area (TPSA) is 137 Å². The molecule has 2 aromatic heterocycles. The summed E-state index contributed by atoms with van der Waals surface area (Å²) in [7, 11) is 1.62. The fourth-order valence-electron chi connectivity index (χ4n) is 4.23. The quantitative estimate of drug-likeness (QED) is 0.449. The molecule has 0 radical (unpaired) electrons. The van der Waals surface area contributed by atoms with Crippen molar-refractivity contribution in [2.45, 2.75) is 6.42 Å². The molecule has 5 rings (SSSR count). The second-order valence-electron chi connectivity index (χ2n) is 7.95.